The van der Waals surface area contributed by atoms with Crippen LogP contribution in [0.4, 0.5) is 11.4 Å². The van der Waals surface area contributed by atoms with E-state index in [0.29, 0.717) is 0 Å². The van der Waals surface area contributed by atoms with Gasteiger partial charge in [-0.15, -0.1) is 0 Å². The number of aryl methyl sites for hydroxylation is 4. The van der Waals surface area contributed by atoms with Crippen molar-refractivity contribution in [1.29, 1.82) is 5.26 Å². The van der Waals surface area contributed by atoms with E-state index in [2.05, 4.69) is 10.6 Å². The number of amides is 1. The number of nitrogens with one attached hydrogen (secondary N) is 2. The molecule has 0 aliphatic heterocycles. The number of carbonyl (C=O) groups is 1. The van der Waals surface area contributed by atoms with Gasteiger partial charge >= 0.3 is 0 Å². The molecule has 0 radical (unpaired) electrons. The second-order valence-electron chi connectivity index (χ2n) is 5.86. The topological polar surface area (TPSA) is 64.9 Å². The Kier molecular flexibility index (Phi) is 5.39. The van der Waals surface area contributed by atoms with E-state index in [4.69, 9.17) is 0 Å². The number of anilines is 2. The molecular formula is C20H21N3O. The molecule has 0 atom stereocenters. The minimum atomic E-state index is -0.423. The summed E-state index contributed by atoms with van der Waals surface area (Å²) in [5.74, 6) is -0.423. The first-order valence-electron chi connectivity index (χ1n) is 7.74. The number of nitrogens with zero attached hydrogens (tertiary/aromatic N) is 1. The number of para-hydroxylation sites is 1. The Labute approximate surface area is 142 Å². The summed E-state index contributed by atoms with van der Waals surface area (Å²) in [7, 11) is 0. The molecule has 2 aromatic carbocycles. The Bertz CT molecular complexity index is 821. The average Bonchev–Trinajstić information content (AvgIpc) is 2.53. The van der Waals surface area contributed by atoms with E-state index in [1.165, 1.54) is 6.20 Å². The molecule has 0 unspecified atom stereocenters. The van der Waals surface area contributed by atoms with Crippen LogP contribution in [-0.4, -0.2) is 5.91 Å². The molecule has 0 bridgehead atoms. The Morgan fingerprint density at radius 1 is 1.04 bits per heavy atom. The third-order valence-corrected chi connectivity index (χ3v) is 3.80. The normalized spacial score (nSPS) is 10.9. The second-order valence-corrected chi connectivity index (χ2v) is 5.86. The van der Waals surface area contributed by atoms with Gasteiger partial charge in [-0.25, -0.2) is 0 Å². The molecule has 4 nitrogen and oxygen atoms in total. The summed E-state index contributed by atoms with van der Waals surface area (Å²) in [6.45, 7) is 7.85. The van der Waals surface area contributed by atoms with Crippen LogP contribution in [0.5, 0.6) is 0 Å². The molecule has 122 valence electrons. The third-order valence-electron chi connectivity index (χ3n) is 3.80. The maximum Gasteiger partial charge on any atom is 0.267 e. The number of hydrogen-bond acceptors (Lipinski definition) is 3. The van der Waals surface area contributed by atoms with Crippen LogP contribution in [0.3, 0.4) is 0 Å². The lowest BCUT2D eigenvalue weighted by molar-refractivity contribution is -0.112. The van der Waals surface area contributed by atoms with Crippen molar-refractivity contribution in [2.24, 2.45) is 0 Å². The zero-order valence-electron chi connectivity index (χ0n) is 14.4. The molecule has 2 rings (SSSR count). The van der Waals surface area contributed by atoms with Crippen LogP contribution < -0.4 is 10.6 Å². The standard InChI is InChI=1S/C20H21N3O/c1-13-9-15(3)19(16(4)10-13)23-20(24)17(11-21)12-22-18-8-6-5-7-14(18)2/h5-10,12,22H,1-4H3,(H,23,24)/b17-12-. The molecule has 0 heterocycles. The van der Waals surface area contributed by atoms with Gasteiger partial charge < -0.3 is 10.6 Å². The summed E-state index contributed by atoms with van der Waals surface area (Å²) in [4.78, 5) is 12.4. The van der Waals surface area contributed by atoms with Crippen molar-refractivity contribution in [3.8, 4) is 6.07 Å². The van der Waals surface area contributed by atoms with Crippen molar-refractivity contribution in [3.05, 3.63) is 70.4 Å². The summed E-state index contributed by atoms with van der Waals surface area (Å²) in [5, 5.41) is 15.1. The van der Waals surface area contributed by atoms with Crippen LogP contribution >= 0.6 is 0 Å². The van der Waals surface area contributed by atoms with Gasteiger partial charge in [0.15, 0.2) is 0 Å². The van der Waals surface area contributed by atoms with Crippen molar-refractivity contribution >= 4 is 17.3 Å². The molecule has 0 saturated carbocycles. The number of hydrogen-bond donors (Lipinski definition) is 2. The smallest absolute Gasteiger partial charge is 0.267 e. The molecule has 0 aliphatic rings. The Balaban J connectivity index is 2.20. The summed E-state index contributed by atoms with van der Waals surface area (Å²) in [6, 6.07) is 13.6. The zero-order valence-corrected chi connectivity index (χ0v) is 14.4. The molecule has 0 fully saturated rings. The molecule has 4 heteroatoms. The summed E-state index contributed by atoms with van der Waals surface area (Å²) >= 11 is 0. The van der Waals surface area contributed by atoms with E-state index in [9.17, 15) is 10.1 Å². The molecule has 2 N–H and O–H groups in total. The second kappa shape index (κ2) is 7.47. The number of benzene rings is 2. The Hall–Kier alpha value is -3.06. The van der Waals surface area contributed by atoms with Crippen LogP contribution in [0.25, 0.3) is 0 Å². The minimum absolute atomic E-state index is 0.0256. The first-order chi connectivity index (χ1) is 11.4. The van der Waals surface area contributed by atoms with Crippen LogP contribution in [0.2, 0.25) is 0 Å². The highest BCUT2D eigenvalue weighted by molar-refractivity contribution is 6.07. The largest absolute Gasteiger partial charge is 0.360 e. The lowest BCUT2D eigenvalue weighted by atomic mass is 10.0. The average molecular weight is 319 g/mol. The van der Waals surface area contributed by atoms with Gasteiger partial charge in [-0.2, -0.15) is 5.26 Å². The van der Waals surface area contributed by atoms with E-state index in [0.717, 1.165) is 33.6 Å². The summed E-state index contributed by atoms with van der Waals surface area (Å²) in [6.07, 6.45) is 1.44. The molecule has 0 aromatic heterocycles. The zero-order chi connectivity index (χ0) is 17.7. The molecule has 2 aromatic rings. The van der Waals surface area contributed by atoms with Gasteiger partial charge in [-0.3, -0.25) is 4.79 Å². The number of nitriles is 1. The van der Waals surface area contributed by atoms with E-state index in [1.807, 2.05) is 70.2 Å². The van der Waals surface area contributed by atoms with Crippen molar-refractivity contribution in [1.82, 2.24) is 0 Å². The summed E-state index contributed by atoms with van der Waals surface area (Å²) in [5.41, 5.74) is 5.77. The van der Waals surface area contributed by atoms with Gasteiger partial charge in [0.25, 0.3) is 5.91 Å². The van der Waals surface area contributed by atoms with E-state index < -0.39 is 5.91 Å². The van der Waals surface area contributed by atoms with Gasteiger partial charge in [-0.05, 0) is 50.5 Å². The van der Waals surface area contributed by atoms with Gasteiger partial charge in [0.2, 0.25) is 0 Å². The van der Waals surface area contributed by atoms with Crippen molar-refractivity contribution in [2.75, 3.05) is 10.6 Å². The highest BCUT2D eigenvalue weighted by Gasteiger charge is 2.12. The quantitative estimate of drug-likeness (QED) is 0.649. The van der Waals surface area contributed by atoms with Crippen molar-refractivity contribution in [2.45, 2.75) is 27.7 Å². The lowest BCUT2D eigenvalue weighted by Crippen LogP contribution is -2.16. The molecule has 1 amide bonds. The van der Waals surface area contributed by atoms with Crippen LogP contribution in [0.1, 0.15) is 22.3 Å². The predicted octanol–water partition coefficient (Wildman–Crippen LogP) is 4.38. The molecule has 24 heavy (non-hydrogen) atoms. The third kappa shape index (κ3) is 4.02. The fourth-order valence-electron chi connectivity index (χ4n) is 2.59. The molecule has 0 aliphatic carbocycles. The van der Waals surface area contributed by atoms with Crippen molar-refractivity contribution in [3.63, 3.8) is 0 Å². The number of carbonyl (C=O) groups excluding carboxylic acids is 1. The maximum absolute atomic E-state index is 12.4. The molecule has 0 saturated heterocycles. The maximum atomic E-state index is 12.4. The van der Waals surface area contributed by atoms with Crippen molar-refractivity contribution < 1.29 is 4.79 Å². The lowest BCUT2D eigenvalue weighted by Gasteiger charge is -2.12. The van der Waals surface area contributed by atoms with E-state index >= 15 is 0 Å². The SMILES string of the molecule is Cc1cc(C)c(NC(=O)/C(C#N)=C\Nc2ccccc2C)c(C)c1. The van der Waals surface area contributed by atoms with Gasteiger partial charge in [0, 0.05) is 17.6 Å². The van der Waals surface area contributed by atoms with E-state index in [-0.39, 0.29) is 5.57 Å². The molecular weight excluding hydrogens is 298 g/mol. The fourth-order valence-corrected chi connectivity index (χ4v) is 2.59. The highest BCUT2D eigenvalue weighted by atomic mass is 16.1. The monoisotopic (exact) mass is 319 g/mol. The predicted molar refractivity (Wildman–Crippen MR) is 97.8 cm³/mol. The van der Waals surface area contributed by atoms with E-state index in [1.54, 1.807) is 0 Å². The first-order valence-corrected chi connectivity index (χ1v) is 7.74. The molecule has 0 spiro atoms. The highest BCUT2D eigenvalue weighted by Crippen LogP contribution is 2.22. The van der Waals surface area contributed by atoms with Gasteiger partial charge in [-0.1, -0.05) is 35.9 Å². The fraction of sp³-hybridized carbons (Fsp3) is 0.200. The van der Waals surface area contributed by atoms with Gasteiger partial charge in [0.1, 0.15) is 11.6 Å². The summed E-state index contributed by atoms with van der Waals surface area (Å²) < 4.78 is 0. The van der Waals surface area contributed by atoms with Gasteiger partial charge in [0.05, 0.1) is 0 Å². The Morgan fingerprint density at radius 3 is 2.25 bits per heavy atom. The minimum Gasteiger partial charge on any atom is -0.360 e. The Morgan fingerprint density at radius 2 is 1.67 bits per heavy atom. The van der Waals surface area contributed by atoms with Crippen LogP contribution in [0.15, 0.2) is 48.2 Å². The van der Waals surface area contributed by atoms with Crippen LogP contribution in [0, 0.1) is 39.0 Å². The number of rotatable bonds is 4. The first kappa shape index (κ1) is 17.3. The van der Waals surface area contributed by atoms with Crippen LogP contribution in [-0.2, 0) is 4.79 Å².